The number of nitrogens with one attached hydrogen (secondary N) is 1. The average molecular weight is 585 g/mol. The third-order valence-corrected chi connectivity index (χ3v) is 8.80. The SMILES string of the molecule is CCN1CCC(NC(=O)c2ccc3c(=O)n(Cc4ccccc4)c(SCc4cc(C(C)=O)ccc4OC)nc3c2)CC1. The molecule has 1 amide bonds. The molecule has 1 saturated heterocycles. The highest BCUT2D eigenvalue weighted by Crippen LogP contribution is 2.29. The molecule has 8 nitrogen and oxygen atoms in total. The van der Waals surface area contributed by atoms with Gasteiger partial charge in [-0.05, 0) is 68.3 Å². The number of ether oxygens (including phenoxy) is 1. The van der Waals surface area contributed by atoms with Gasteiger partial charge in [-0.1, -0.05) is 49.0 Å². The number of benzene rings is 3. The summed E-state index contributed by atoms with van der Waals surface area (Å²) in [7, 11) is 1.59. The second-order valence-electron chi connectivity index (χ2n) is 10.6. The van der Waals surface area contributed by atoms with Crippen molar-refractivity contribution in [3.05, 3.63) is 99.3 Å². The van der Waals surface area contributed by atoms with Crippen molar-refractivity contribution in [3.63, 3.8) is 0 Å². The first-order valence-corrected chi connectivity index (χ1v) is 15.3. The lowest BCUT2D eigenvalue weighted by Gasteiger charge is -2.31. The highest BCUT2D eigenvalue weighted by molar-refractivity contribution is 7.98. The fourth-order valence-corrected chi connectivity index (χ4v) is 6.25. The maximum absolute atomic E-state index is 13.8. The highest BCUT2D eigenvalue weighted by Gasteiger charge is 2.21. The summed E-state index contributed by atoms with van der Waals surface area (Å²) in [4.78, 5) is 46.3. The topological polar surface area (TPSA) is 93.5 Å². The Balaban J connectivity index is 1.47. The minimum atomic E-state index is -0.172. The number of Topliss-reactive ketones (excluding diaryl/α,β-unsaturated/α-hetero) is 1. The Morgan fingerprint density at radius 2 is 1.76 bits per heavy atom. The largest absolute Gasteiger partial charge is 0.496 e. The molecule has 42 heavy (non-hydrogen) atoms. The van der Waals surface area contributed by atoms with Gasteiger partial charge in [0.2, 0.25) is 0 Å². The maximum Gasteiger partial charge on any atom is 0.262 e. The van der Waals surface area contributed by atoms with Crippen molar-refractivity contribution in [1.29, 1.82) is 0 Å². The minimum absolute atomic E-state index is 0.0320. The summed E-state index contributed by atoms with van der Waals surface area (Å²) in [5, 5.41) is 4.15. The van der Waals surface area contributed by atoms with Gasteiger partial charge in [0.05, 0.1) is 24.6 Å². The lowest BCUT2D eigenvalue weighted by atomic mass is 10.0. The van der Waals surface area contributed by atoms with Gasteiger partial charge in [-0.15, -0.1) is 0 Å². The summed E-state index contributed by atoms with van der Waals surface area (Å²) >= 11 is 1.40. The van der Waals surface area contributed by atoms with Crippen LogP contribution in [0.1, 0.15) is 58.5 Å². The molecule has 1 fully saturated rings. The fourth-order valence-electron chi connectivity index (χ4n) is 5.27. The summed E-state index contributed by atoms with van der Waals surface area (Å²) < 4.78 is 7.22. The van der Waals surface area contributed by atoms with Crippen LogP contribution < -0.4 is 15.6 Å². The molecule has 0 spiro atoms. The Morgan fingerprint density at radius 3 is 2.45 bits per heavy atom. The quantitative estimate of drug-likeness (QED) is 0.156. The third kappa shape index (κ3) is 6.74. The van der Waals surface area contributed by atoms with E-state index in [-0.39, 0.29) is 23.3 Å². The molecule has 2 heterocycles. The number of carbonyl (C=O) groups is 2. The van der Waals surface area contributed by atoms with Gasteiger partial charge in [0.15, 0.2) is 10.9 Å². The number of ketones is 1. The van der Waals surface area contributed by atoms with Gasteiger partial charge in [-0.2, -0.15) is 0 Å². The summed E-state index contributed by atoms with van der Waals surface area (Å²) in [5.41, 5.74) is 3.19. The molecule has 1 aliphatic heterocycles. The minimum Gasteiger partial charge on any atom is -0.496 e. The number of amides is 1. The molecule has 9 heteroatoms. The van der Waals surface area contributed by atoms with E-state index in [1.54, 1.807) is 42.0 Å². The molecule has 0 radical (unpaired) electrons. The van der Waals surface area contributed by atoms with Gasteiger partial charge >= 0.3 is 0 Å². The molecule has 5 rings (SSSR count). The van der Waals surface area contributed by atoms with Crippen LogP contribution in [0.25, 0.3) is 10.9 Å². The second kappa shape index (κ2) is 13.4. The van der Waals surface area contributed by atoms with E-state index in [9.17, 15) is 14.4 Å². The predicted octanol–water partition coefficient (Wildman–Crippen LogP) is 5.16. The normalized spacial score (nSPS) is 14.2. The van der Waals surface area contributed by atoms with E-state index >= 15 is 0 Å². The number of carbonyl (C=O) groups excluding carboxylic acids is 2. The van der Waals surface area contributed by atoms with Gasteiger partial charge in [-0.25, -0.2) is 4.98 Å². The van der Waals surface area contributed by atoms with Gasteiger partial charge in [0.1, 0.15) is 5.75 Å². The summed E-state index contributed by atoms with van der Waals surface area (Å²) in [6.07, 6.45) is 1.84. The lowest BCUT2D eigenvalue weighted by Crippen LogP contribution is -2.44. The van der Waals surface area contributed by atoms with Crippen LogP contribution in [0.4, 0.5) is 0 Å². The molecule has 0 aliphatic carbocycles. The number of likely N-dealkylation sites (tertiary alicyclic amines) is 1. The van der Waals surface area contributed by atoms with Gasteiger partial charge in [-0.3, -0.25) is 19.0 Å². The zero-order chi connectivity index (χ0) is 29.6. The molecule has 0 bridgehead atoms. The molecule has 0 atom stereocenters. The van der Waals surface area contributed by atoms with Crippen LogP contribution in [-0.2, 0) is 12.3 Å². The van der Waals surface area contributed by atoms with E-state index in [2.05, 4.69) is 17.1 Å². The zero-order valence-corrected chi connectivity index (χ0v) is 25.1. The molecule has 4 aromatic rings. The van der Waals surface area contributed by atoms with Crippen molar-refractivity contribution in [2.45, 2.75) is 50.2 Å². The average Bonchev–Trinajstić information content (AvgIpc) is 3.02. The van der Waals surface area contributed by atoms with E-state index in [1.165, 1.54) is 18.7 Å². The smallest absolute Gasteiger partial charge is 0.262 e. The number of fused-ring (bicyclic) bond motifs is 1. The maximum atomic E-state index is 13.8. The van der Waals surface area contributed by atoms with E-state index in [0.29, 0.717) is 45.2 Å². The van der Waals surface area contributed by atoms with Crippen molar-refractivity contribution < 1.29 is 14.3 Å². The first kappa shape index (κ1) is 29.5. The van der Waals surface area contributed by atoms with Crippen LogP contribution in [0, 0.1) is 0 Å². The number of methoxy groups -OCH3 is 1. The Bertz CT molecular complexity index is 1650. The number of hydrogen-bond acceptors (Lipinski definition) is 7. The number of rotatable bonds is 10. The predicted molar refractivity (Wildman–Crippen MR) is 167 cm³/mol. The van der Waals surface area contributed by atoms with Crippen LogP contribution in [0.2, 0.25) is 0 Å². The van der Waals surface area contributed by atoms with Crippen LogP contribution in [0.5, 0.6) is 5.75 Å². The number of thioether (sulfide) groups is 1. The number of nitrogens with zero attached hydrogens (tertiary/aromatic N) is 3. The first-order chi connectivity index (χ1) is 20.4. The molecule has 1 aromatic heterocycles. The van der Waals surface area contributed by atoms with Crippen LogP contribution >= 0.6 is 11.8 Å². The van der Waals surface area contributed by atoms with Crippen molar-refractivity contribution >= 4 is 34.4 Å². The fraction of sp³-hybridized carbons (Fsp3) is 0.333. The van der Waals surface area contributed by atoms with Gasteiger partial charge < -0.3 is 15.0 Å². The summed E-state index contributed by atoms with van der Waals surface area (Å²) in [5.74, 6) is 0.916. The number of aromatic nitrogens is 2. The monoisotopic (exact) mass is 584 g/mol. The first-order valence-electron chi connectivity index (χ1n) is 14.3. The molecule has 1 aliphatic rings. The molecular formula is C33H36N4O4S. The van der Waals surface area contributed by atoms with Crippen molar-refractivity contribution in [3.8, 4) is 5.75 Å². The molecule has 218 valence electrons. The molecule has 1 N–H and O–H groups in total. The molecule has 3 aromatic carbocycles. The van der Waals surface area contributed by atoms with E-state index in [0.717, 1.165) is 43.6 Å². The summed E-state index contributed by atoms with van der Waals surface area (Å²) in [6, 6.07) is 20.4. The Kier molecular flexibility index (Phi) is 9.39. The molecule has 0 unspecified atom stereocenters. The van der Waals surface area contributed by atoms with E-state index in [4.69, 9.17) is 9.72 Å². The summed E-state index contributed by atoms with van der Waals surface area (Å²) in [6.45, 7) is 7.01. The third-order valence-electron chi connectivity index (χ3n) is 7.78. The van der Waals surface area contributed by atoms with Crippen LogP contribution in [-0.4, -0.2) is 58.9 Å². The van der Waals surface area contributed by atoms with Crippen molar-refractivity contribution in [2.24, 2.45) is 0 Å². The van der Waals surface area contributed by atoms with Crippen molar-refractivity contribution in [1.82, 2.24) is 19.8 Å². The Morgan fingerprint density at radius 1 is 1.02 bits per heavy atom. The molecular weight excluding hydrogens is 548 g/mol. The Hall–Kier alpha value is -3.95. The standard InChI is InChI=1S/C33H36N4O4S/c1-4-36-16-14-27(15-17-36)34-31(39)25-10-12-28-29(19-25)35-33(37(32(28)40)20-23-8-6-5-7-9-23)42-21-26-18-24(22(2)38)11-13-30(26)41-3/h5-13,18-19,27H,4,14-17,20-21H2,1-3H3,(H,34,39). The highest BCUT2D eigenvalue weighted by atomic mass is 32.2. The zero-order valence-electron chi connectivity index (χ0n) is 24.3. The van der Waals surface area contributed by atoms with Crippen molar-refractivity contribution in [2.75, 3.05) is 26.7 Å². The lowest BCUT2D eigenvalue weighted by molar-refractivity contribution is 0.0912. The van der Waals surface area contributed by atoms with Crippen LogP contribution in [0.15, 0.2) is 76.7 Å². The number of hydrogen-bond donors (Lipinski definition) is 1. The van der Waals surface area contributed by atoms with E-state index in [1.807, 2.05) is 36.4 Å². The van der Waals surface area contributed by atoms with Gasteiger partial charge in [0.25, 0.3) is 11.5 Å². The number of piperidine rings is 1. The molecule has 0 saturated carbocycles. The second-order valence-corrected chi connectivity index (χ2v) is 11.5. The van der Waals surface area contributed by atoms with Gasteiger partial charge in [0, 0.05) is 41.6 Å². The Labute approximate surface area is 250 Å². The van der Waals surface area contributed by atoms with E-state index < -0.39 is 0 Å². The van der Waals surface area contributed by atoms with Crippen LogP contribution in [0.3, 0.4) is 0 Å².